The first-order valence-corrected chi connectivity index (χ1v) is 11.7. The second kappa shape index (κ2) is 10.4. The summed E-state index contributed by atoms with van der Waals surface area (Å²) in [5.74, 6) is 1.03. The Hall–Kier alpha value is -3.81. The van der Waals surface area contributed by atoms with Crippen molar-refractivity contribution in [3.8, 4) is 22.6 Å². The van der Waals surface area contributed by atoms with Crippen LogP contribution in [0.4, 0.5) is 17.3 Å². The van der Waals surface area contributed by atoms with Crippen molar-refractivity contribution >= 4 is 57.3 Å². The Balaban J connectivity index is 1.71. The van der Waals surface area contributed by atoms with Crippen molar-refractivity contribution in [1.82, 2.24) is 9.97 Å². The molecule has 184 valence electrons. The van der Waals surface area contributed by atoms with Crippen molar-refractivity contribution in [2.45, 2.75) is 13.8 Å². The van der Waals surface area contributed by atoms with Gasteiger partial charge in [0.15, 0.2) is 0 Å². The molecule has 0 aliphatic rings. The molecule has 1 heterocycles. The van der Waals surface area contributed by atoms with Crippen molar-refractivity contribution < 1.29 is 14.3 Å². The van der Waals surface area contributed by atoms with Crippen LogP contribution in [0.2, 0.25) is 10.0 Å². The predicted molar refractivity (Wildman–Crippen MR) is 146 cm³/mol. The van der Waals surface area contributed by atoms with Crippen LogP contribution >= 0.6 is 23.2 Å². The molecular weight excluding hydrogens is 499 g/mol. The molecule has 0 aliphatic heterocycles. The number of para-hydroxylation sites is 1. The summed E-state index contributed by atoms with van der Waals surface area (Å²) < 4.78 is 10.8. The summed E-state index contributed by atoms with van der Waals surface area (Å²) in [4.78, 5) is 21.3. The minimum Gasteiger partial charge on any atom is -0.495 e. The Labute approximate surface area is 219 Å². The number of halogens is 2. The van der Waals surface area contributed by atoms with Crippen LogP contribution in [0.1, 0.15) is 12.5 Å². The Kier molecular flexibility index (Phi) is 7.33. The first kappa shape index (κ1) is 25.3. The lowest BCUT2D eigenvalue weighted by Crippen LogP contribution is -2.13. The number of carbonyl (C=O) groups excluding carboxylic acids is 1. The lowest BCUT2D eigenvalue weighted by atomic mass is 10.0. The molecule has 4 aromatic rings. The number of carbonyl (C=O) groups is 1. The maximum atomic E-state index is 12.2. The zero-order valence-electron chi connectivity index (χ0n) is 20.2. The maximum Gasteiger partial charge on any atom is 0.250 e. The average Bonchev–Trinajstić information content (AvgIpc) is 2.86. The highest BCUT2D eigenvalue weighted by Gasteiger charge is 2.19. The molecule has 3 aromatic carbocycles. The van der Waals surface area contributed by atoms with Gasteiger partial charge in [-0.1, -0.05) is 48.0 Å². The number of aryl methyl sites for hydroxylation is 1. The van der Waals surface area contributed by atoms with Gasteiger partial charge in [0.25, 0.3) is 5.91 Å². The van der Waals surface area contributed by atoms with Gasteiger partial charge in [-0.3, -0.25) is 4.79 Å². The monoisotopic (exact) mass is 522 g/mol. The lowest BCUT2D eigenvalue weighted by Gasteiger charge is -2.16. The van der Waals surface area contributed by atoms with Crippen LogP contribution in [-0.2, 0) is 4.79 Å². The summed E-state index contributed by atoms with van der Waals surface area (Å²) in [6.07, 6.45) is 1.71. The molecule has 0 fully saturated rings. The van der Waals surface area contributed by atoms with E-state index >= 15 is 0 Å². The van der Waals surface area contributed by atoms with E-state index in [1.54, 1.807) is 25.3 Å². The van der Waals surface area contributed by atoms with E-state index in [4.69, 9.17) is 32.7 Å². The second-order valence-electron chi connectivity index (χ2n) is 8.11. The largest absolute Gasteiger partial charge is 0.495 e. The number of benzene rings is 3. The van der Waals surface area contributed by atoms with E-state index in [9.17, 15) is 4.79 Å². The smallest absolute Gasteiger partial charge is 0.250 e. The summed E-state index contributed by atoms with van der Waals surface area (Å²) in [5.41, 5.74) is 4.71. The summed E-state index contributed by atoms with van der Waals surface area (Å²) in [6.45, 7) is 7.28. The molecule has 0 saturated carbocycles. The van der Waals surface area contributed by atoms with E-state index in [1.165, 1.54) is 14.2 Å². The zero-order chi connectivity index (χ0) is 26.0. The molecule has 0 aliphatic carbocycles. The third kappa shape index (κ3) is 4.94. The quantitative estimate of drug-likeness (QED) is 0.250. The van der Waals surface area contributed by atoms with Crippen molar-refractivity contribution in [3.63, 3.8) is 0 Å². The Morgan fingerprint density at radius 1 is 1.03 bits per heavy atom. The van der Waals surface area contributed by atoms with E-state index in [-0.39, 0.29) is 5.91 Å². The topological polar surface area (TPSA) is 85.4 Å². The van der Waals surface area contributed by atoms with Gasteiger partial charge < -0.3 is 20.1 Å². The van der Waals surface area contributed by atoms with Gasteiger partial charge in [-0.05, 0) is 43.2 Å². The van der Waals surface area contributed by atoms with Gasteiger partial charge in [0.2, 0.25) is 5.95 Å². The summed E-state index contributed by atoms with van der Waals surface area (Å²) in [6, 6.07) is 12.9. The molecule has 0 radical (unpaired) electrons. The molecule has 1 amide bonds. The fraction of sp³-hybridized carbons (Fsp3) is 0.148. The van der Waals surface area contributed by atoms with Gasteiger partial charge in [0.1, 0.15) is 11.5 Å². The fourth-order valence-electron chi connectivity index (χ4n) is 3.67. The number of amides is 1. The third-order valence-corrected chi connectivity index (χ3v) is 6.34. The highest BCUT2D eigenvalue weighted by atomic mass is 35.5. The van der Waals surface area contributed by atoms with Crippen LogP contribution < -0.4 is 20.1 Å². The summed E-state index contributed by atoms with van der Waals surface area (Å²) >= 11 is 13.2. The highest BCUT2D eigenvalue weighted by Crippen LogP contribution is 2.46. The molecule has 9 heteroatoms. The van der Waals surface area contributed by atoms with Crippen LogP contribution in [0.3, 0.4) is 0 Å². The molecule has 0 atom stereocenters. The van der Waals surface area contributed by atoms with Crippen molar-refractivity contribution in [3.05, 3.63) is 76.4 Å². The number of methoxy groups -OCH3 is 2. The summed E-state index contributed by atoms with van der Waals surface area (Å²) in [7, 11) is 3.07. The van der Waals surface area contributed by atoms with E-state index in [0.717, 1.165) is 16.5 Å². The second-order valence-corrected chi connectivity index (χ2v) is 8.86. The lowest BCUT2D eigenvalue weighted by molar-refractivity contribution is -0.112. The maximum absolute atomic E-state index is 12.2. The van der Waals surface area contributed by atoms with Crippen LogP contribution in [0.25, 0.3) is 22.0 Å². The number of fused-ring (bicyclic) bond motifs is 1. The third-order valence-electron chi connectivity index (χ3n) is 5.59. The van der Waals surface area contributed by atoms with Crippen LogP contribution in [0.5, 0.6) is 11.5 Å². The standard InChI is InChI=1S/C27H24Cl2N4O3/c1-14(2)26(34)31-19-8-6-7-15(3)25(19)33-27-30-13-17-11-16(9-10-18(17)32-27)22-23(28)20(35-4)12-21(36-5)24(22)29/h6-13H,1H2,2-5H3,(H,31,34)(H,30,32,33). The predicted octanol–water partition coefficient (Wildman–Crippen LogP) is 7.19. The molecule has 0 spiro atoms. The number of ether oxygens (including phenoxy) is 2. The molecular formula is C27H24Cl2N4O3. The molecule has 7 nitrogen and oxygen atoms in total. The number of nitrogens with zero attached hydrogens (tertiary/aromatic N) is 2. The number of rotatable bonds is 7. The Bertz CT molecular complexity index is 1480. The van der Waals surface area contributed by atoms with Crippen molar-refractivity contribution in [1.29, 1.82) is 0 Å². The molecule has 0 unspecified atom stereocenters. The SMILES string of the molecule is C=C(C)C(=O)Nc1cccc(C)c1Nc1ncc2cc(-c3c(Cl)c(OC)cc(OC)c3Cl)ccc2n1. The minimum absolute atomic E-state index is 0.262. The van der Waals surface area contributed by atoms with E-state index in [1.807, 2.05) is 37.3 Å². The van der Waals surface area contributed by atoms with Crippen LogP contribution in [0, 0.1) is 6.92 Å². The van der Waals surface area contributed by atoms with Gasteiger partial charge >= 0.3 is 0 Å². The van der Waals surface area contributed by atoms with Gasteiger partial charge in [-0.25, -0.2) is 9.97 Å². The molecule has 0 bridgehead atoms. The number of nitrogens with one attached hydrogen (secondary N) is 2. The first-order chi connectivity index (χ1) is 17.2. The minimum atomic E-state index is -0.262. The average molecular weight is 523 g/mol. The normalized spacial score (nSPS) is 10.7. The van der Waals surface area contributed by atoms with E-state index in [0.29, 0.717) is 55.5 Å². The first-order valence-electron chi connectivity index (χ1n) is 10.9. The van der Waals surface area contributed by atoms with Gasteiger partial charge in [0.05, 0.1) is 41.2 Å². The molecule has 4 rings (SSSR count). The summed E-state index contributed by atoms with van der Waals surface area (Å²) in [5, 5.41) is 7.64. The van der Waals surface area contributed by atoms with Crippen LogP contribution in [-0.4, -0.2) is 30.1 Å². The Morgan fingerprint density at radius 3 is 2.36 bits per heavy atom. The van der Waals surface area contributed by atoms with E-state index < -0.39 is 0 Å². The van der Waals surface area contributed by atoms with Gasteiger partial charge in [-0.2, -0.15) is 0 Å². The highest BCUT2D eigenvalue weighted by molar-refractivity contribution is 6.41. The molecule has 0 saturated heterocycles. The zero-order valence-corrected chi connectivity index (χ0v) is 21.7. The molecule has 2 N–H and O–H groups in total. The number of hydrogen-bond acceptors (Lipinski definition) is 6. The Morgan fingerprint density at radius 2 is 1.72 bits per heavy atom. The van der Waals surface area contributed by atoms with Gasteiger partial charge in [0, 0.05) is 28.8 Å². The van der Waals surface area contributed by atoms with E-state index in [2.05, 4.69) is 27.2 Å². The van der Waals surface area contributed by atoms with Crippen molar-refractivity contribution in [2.75, 3.05) is 24.9 Å². The van der Waals surface area contributed by atoms with Crippen molar-refractivity contribution in [2.24, 2.45) is 0 Å². The molecule has 36 heavy (non-hydrogen) atoms. The fourth-order valence-corrected chi connectivity index (χ4v) is 4.39. The van der Waals surface area contributed by atoms with Gasteiger partial charge in [-0.15, -0.1) is 0 Å². The number of aromatic nitrogens is 2. The molecule has 1 aromatic heterocycles. The number of hydrogen-bond donors (Lipinski definition) is 2. The number of anilines is 3. The van der Waals surface area contributed by atoms with Crippen LogP contribution in [0.15, 0.2) is 60.8 Å².